The van der Waals surface area contributed by atoms with E-state index in [4.69, 9.17) is 0 Å². The summed E-state index contributed by atoms with van der Waals surface area (Å²) in [5, 5.41) is 3.68. The van der Waals surface area contributed by atoms with Gasteiger partial charge in [0.25, 0.3) is 5.91 Å². The predicted molar refractivity (Wildman–Crippen MR) is 117 cm³/mol. The fraction of sp³-hybridized carbons (Fsp3) is 0.304. The Morgan fingerprint density at radius 2 is 1.97 bits per heavy atom. The smallest absolute Gasteiger partial charge is 0.325 e. The van der Waals surface area contributed by atoms with Crippen molar-refractivity contribution >= 4 is 39.4 Å². The van der Waals surface area contributed by atoms with Crippen LogP contribution in [0.1, 0.15) is 35.5 Å². The highest BCUT2D eigenvalue weighted by Crippen LogP contribution is 2.41. The summed E-state index contributed by atoms with van der Waals surface area (Å²) in [4.78, 5) is 46.2. The minimum Gasteiger partial charge on any atom is -0.335 e. The molecule has 0 bridgehead atoms. The number of urea groups is 1. The molecule has 4 amide bonds. The number of carbonyl (C=O) groups excluding carboxylic acids is 3. The van der Waals surface area contributed by atoms with Gasteiger partial charge in [-0.25, -0.2) is 9.78 Å². The van der Waals surface area contributed by atoms with Crippen molar-refractivity contribution < 1.29 is 14.4 Å². The second-order valence-corrected chi connectivity index (χ2v) is 9.15. The van der Waals surface area contributed by atoms with Crippen molar-refractivity contribution in [1.82, 2.24) is 20.1 Å². The lowest BCUT2D eigenvalue weighted by atomic mass is 9.92. The van der Waals surface area contributed by atoms with Gasteiger partial charge in [-0.05, 0) is 43.0 Å². The molecule has 1 saturated heterocycles. The summed E-state index contributed by atoms with van der Waals surface area (Å²) >= 11 is 1.54. The largest absolute Gasteiger partial charge is 0.335 e. The van der Waals surface area contributed by atoms with E-state index in [1.807, 2.05) is 55.5 Å². The van der Waals surface area contributed by atoms with Crippen LogP contribution in [0.4, 0.5) is 4.79 Å². The number of thiazole rings is 1. The van der Waals surface area contributed by atoms with E-state index in [9.17, 15) is 14.4 Å². The standard InChI is InChI=1S/C23H22N4O3S/c1-14(20-24-17-9-5-6-10-18(17)31-20)26(2)19(28)13-27-21(29)23(25-22(27)30)12-11-15-7-3-4-8-16(15)23/h3-10,14H,11-13H2,1-2H3,(H,25,30)/t14-,23-/m1/s1. The van der Waals surface area contributed by atoms with Gasteiger partial charge in [0.2, 0.25) is 5.91 Å². The summed E-state index contributed by atoms with van der Waals surface area (Å²) in [6.07, 6.45) is 1.23. The Kier molecular flexibility index (Phi) is 4.55. The summed E-state index contributed by atoms with van der Waals surface area (Å²) in [5.74, 6) is -0.657. The maximum atomic E-state index is 13.3. The SMILES string of the molecule is C[C@H](c1nc2ccccc2s1)N(C)C(=O)CN1C(=O)N[C@@]2(CCc3ccccc32)C1=O. The number of likely N-dealkylation sites (N-methyl/N-ethyl adjacent to an activating group) is 1. The van der Waals surface area contributed by atoms with E-state index in [1.165, 1.54) is 11.3 Å². The topological polar surface area (TPSA) is 82.6 Å². The Balaban J connectivity index is 1.34. The number of para-hydroxylation sites is 1. The molecular weight excluding hydrogens is 412 g/mol. The molecule has 0 unspecified atom stereocenters. The lowest BCUT2D eigenvalue weighted by molar-refractivity contribution is -0.139. The second-order valence-electron chi connectivity index (χ2n) is 8.08. The Labute approximate surface area is 183 Å². The maximum absolute atomic E-state index is 13.3. The number of nitrogens with zero attached hydrogens (tertiary/aromatic N) is 3. The number of benzene rings is 2. The Morgan fingerprint density at radius 1 is 1.23 bits per heavy atom. The first-order chi connectivity index (χ1) is 14.9. The molecule has 1 aliphatic carbocycles. The van der Waals surface area contributed by atoms with Gasteiger partial charge in [-0.3, -0.25) is 14.5 Å². The van der Waals surface area contributed by atoms with Crippen LogP contribution in [0.2, 0.25) is 0 Å². The van der Waals surface area contributed by atoms with Crippen LogP contribution in [0.25, 0.3) is 10.2 Å². The van der Waals surface area contributed by atoms with Crippen LogP contribution in [-0.4, -0.2) is 46.2 Å². The number of fused-ring (bicyclic) bond motifs is 3. The number of aryl methyl sites for hydroxylation is 1. The molecular formula is C23H22N4O3S. The second kappa shape index (κ2) is 7.16. The third-order valence-corrected chi connectivity index (χ3v) is 7.56. The zero-order valence-corrected chi connectivity index (χ0v) is 18.1. The number of nitrogens with one attached hydrogen (secondary N) is 1. The first-order valence-electron chi connectivity index (χ1n) is 10.2. The number of aromatic nitrogens is 1. The highest BCUT2D eigenvalue weighted by Gasteiger charge is 2.55. The van der Waals surface area contributed by atoms with Crippen LogP contribution < -0.4 is 5.32 Å². The van der Waals surface area contributed by atoms with Crippen molar-refractivity contribution in [3.8, 4) is 0 Å². The number of hydrogen-bond donors (Lipinski definition) is 1. The van der Waals surface area contributed by atoms with E-state index in [1.54, 1.807) is 11.9 Å². The van der Waals surface area contributed by atoms with Crippen molar-refractivity contribution in [2.24, 2.45) is 0 Å². The summed E-state index contributed by atoms with van der Waals surface area (Å²) in [7, 11) is 1.68. The highest BCUT2D eigenvalue weighted by molar-refractivity contribution is 7.18. The van der Waals surface area contributed by atoms with Gasteiger partial charge in [-0.1, -0.05) is 36.4 Å². The summed E-state index contributed by atoms with van der Waals surface area (Å²) in [5.41, 5.74) is 1.74. The van der Waals surface area contributed by atoms with Gasteiger partial charge in [0, 0.05) is 7.05 Å². The molecule has 1 spiro atoms. The van der Waals surface area contributed by atoms with Crippen LogP contribution in [0.5, 0.6) is 0 Å². The van der Waals surface area contributed by atoms with E-state index in [-0.39, 0.29) is 24.4 Å². The van der Waals surface area contributed by atoms with Crippen LogP contribution in [0.15, 0.2) is 48.5 Å². The van der Waals surface area contributed by atoms with Gasteiger partial charge >= 0.3 is 6.03 Å². The first kappa shape index (κ1) is 19.7. The van der Waals surface area contributed by atoms with Crippen molar-refractivity contribution in [3.05, 3.63) is 64.7 Å². The van der Waals surface area contributed by atoms with Gasteiger partial charge in [0.1, 0.15) is 17.1 Å². The van der Waals surface area contributed by atoms with E-state index in [2.05, 4.69) is 10.3 Å². The molecule has 2 aromatic carbocycles. The van der Waals surface area contributed by atoms with E-state index < -0.39 is 11.6 Å². The minimum absolute atomic E-state index is 0.271. The van der Waals surface area contributed by atoms with Crippen molar-refractivity contribution in [2.45, 2.75) is 31.3 Å². The van der Waals surface area contributed by atoms with Crippen molar-refractivity contribution in [3.63, 3.8) is 0 Å². The molecule has 8 heteroatoms. The molecule has 2 heterocycles. The van der Waals surface area contributed by atoms with E-state index in [0.717, 1.165) is 37.7 Å². The highest BCUT2D eigenvalue weighted by atomic mass is 32.1. The molecule has 1 aromatic heterocycles. The summed E-state index contributed by atoms with van der Waals surface area (Å²) in [6.45, 7) is 1.61. The fourth-order valence-corrected chi connectivity index (χ4v) is 5.49. The van der Waals surface area contributed by atoms with Gasteiger partial charge in [0.05, 0.1) is 16.3 Å². The zero-order chi connectivity index (χ0) is 21.8. The molecule has 1 aliphatic heterocycles. The van der Waals surface area contributed by atoms with Crippen LogP contribution in [0, 0.1) is 0 Å². The van der Waals surface area contributed by atoms with Gasteiger partial charge in [-0.15, -0.1) is 11.3 Å². The Bertz CT molecular complexity index is 1190. The van der Waals surface area contributed by atoms with Gasteiger partial charge in [0.15, 0.2) is 0 Å². The lowest BCUT2D eigenvalue weighted by Crippen LogP contribution is -2.44. The number of rotatable bonds is 4. The van der Waals surface area contributed by atoms with E-state index >= 15 is 0 Å². The molecule has 0 radical (unpaired) electrons. The maximum Gasteiger partial charge on any atom is 0.325 e. The zero-order valence-electron chi connectivity index (χ0n) is 17.3. The summed E-state index contributed by atoms with van der Waals surface area (Å²) in [6, 6.07) is 14.7. The number of hydrogen-bond acceptors (Lipinski definition) is 5. The average molecular weight is 435 g/mol. The van der Waals surface area contributed by atoms with Crippen molar-refractivity contribution in [1.29, 1.82) is 0 Å². The molecule has 1 N–H and O–H groups in total. The predicted octanol–water partition coefficient (Wildman–Crippen LogP) is 3.21. The third kappa shape index (κ3) is 3.01. The molecule has 3 aromatic rings. The molecule has 7 nitrogen and oxygen atoms in total. The fourth-order valence-electron chi connectivity index (χ4n) is 4.43. The van der Waals surface area contributed by atoms with Crippen LogP contribution >= 0.6 is 11.3 Å². The molecule has 0 saturated carbocycles. The van der Waals surface area contributed by atoms with Crippen LogP contribution in [-0.2, 0) is 21.5 Å². The average Bonchev–Trinajstić information content (AvgIpc) is 3.44. The third-order valence-electron chi connectivity index (χ3n) is 6.36. The van der Waals surface area contributed by atoms with E-state index in [0.29, 0.717) is 6.42 Å². The minimum atomic E-state index is -1.05. The van der Waals surface area contributed by atoms with Gasteiger partial charge < -0.3 is 10.2 Å². The summed E-state index contributed by atoms with van der Waals surface area (Å²) < 4.78 is 1.06. The van der Waals surface area contributed by atoms with Crippen molar-refractivity contribution in [2.75, 3.05) is 13.6 Å². The Morgan fingerprint density at radius 3 is 2.77 bits per heavy atom. The quantitative estimate of drug-likeness (QED) is 0.640. The molecule has 1 fully saturated rings. The molecule has 2 aliphatic rings. The molecule has 2 atom stereocenters. The molecule has 158 valence electrons. The normalized spacial score (nSPS) is 20.9. The molecule has 31 heavy (non-hydrogen) atoms. The number of carbonyl (C=O) groups is 3. The van der Waals surface area contributed by atoms with Gasteiger partial charge in [-0.2, -0.15) is 0 Å². The monoisotopic (exact) mass is 434 g/mol. The molecule has 5 rings (SSSR count). The number of amides is 4. The van der Waals surface area contributed by atoms with Crippen LogP contribution in [0.3, 0.4) is 0 Å². The number of imide groups is 1. The lowest BCUT2D eigenvalue weighted by Gasteiger charge is -2.26. The Hall–Kier alpha value is -3.26. The first-order valence-corrected chi connectivity index (χ1v) is 11.1.